The fourth-order valence-corrected chi connectivity index (χ4v) is 1.64. The Morgan fingerprint density at radius 1 is 1.33 bits per heavy atom. The van der Waals surface area contributed by atoms with Gasteiger partial charge in [-0.15, -0.1) is 0 Å². The molecule has 0 saturated carbocycles. The van der Waals surface area contributed by atoms with Crippen LogP contribution in [0.25, 0.3) is 0 Å². The third kappa shape index (κ3) is 2.97. The number of hydrogen-bond acceptors (Lipinski definition) is 4. The molecule has 0 atom stereocenters. The molecule has 6 nitrogen and oxygen atoms in total. The Hall–Kier alpha value is -2.11. The molecule has 18 heavy (non-hydrogen) atoms. The first-order valence-electron chi connectivity index (χ1n) is 5.97. The van der Waals surface area contributed by atoms with Crippen LogP contribution in [0.2, 0.25) is 0 Å². The Labute approximate surface area is 105 Å². The normalized spacial score (nSPS) is 10.6. The number of rotatable bonds is 5. The third-order valence-corrected chi connectivity index (χ3v) is 2.54. The van der Waals surface area contributed by atoms with Crippen LogP contribution < -0.4 is 10.9 Å². The molecule has 0 saturated heterocycles. The van der Waals surface area contributed by atoms with E-state index in [1.54, 1.807) is 23.1 Å². The molecule has 0 aliphatic heterocycles. The molecule has 6 heteroatoms. The van der Waals surface area contributed by atoms with Gasteiger partial charge in [0.2, 0.25) is 0 Å². The zero-order valence-corrected chi connectivity index (χ0v) is 10.6. The zero-order chi connectivity index (χ0) is 13.0. The standard InChI is InChI=1S/C12H17N5O/c1-3-4-13-11-5-12(18)17(15-7-11)9-10-6-14-16(2)8-10/h5-8,13H,3-4,9H2,1-2H3. The van der Waals surface area contributed by atoms with Crippen molar-refractivity contribution in [1.82, 2.24) is 19.6 Å². The highest BCUT2D eigenvalue weighted by Gasteiger charge is 2.02. The van der Waals surface area contributed by atoms with Crippen LogP contribution in [-0.4, -0.2) is 26.1 Å². The number of nitrogens with one attached hydrogen (secondary N) is 1. The molecule has 0 unspecified atom stereocenters. The topological polar surface area (TPSA) is 64.7 Å². The molecule has 2 heterocycles. The van der Waals surface area contributed by atoms with Crippen molar-refractivity contribution >= 4 is 5.69 Å². The van der Waals surface area contributed by atoms with E-state index in [0.717, 1.165) is 24.2 Å². The van der Waals surface area contributed by atoms with E-state index < -0.39 is 0 Å². The summed E-state index contributed by atoms with van der Waals surface area (Å²) in [4.78, 5) is 11.8. The van der Waals surface area contributed by atoms with E-state index in [0.29, 0.717) is 6.54 Å². The van der Waals surface area contributed by atoms with Crippen molar-refractivity contribution < 1.29 is 0 Å². The van der Waals surface area contributed by atoms with Crippen molar-refractivity contribution in [2.45, 2.75) is 19.9 Å². The van der Waals surface area contributed by atoms with E-state index in [2.05, 4.69) is 22.4 Å². The maximum Gasteiger partial charge on any atom is 0.269 e. The first kappa shape index (κ1) is 12.3. The minimum atomic E-state index is -0.111. The van der Waals surface area contributed by atoms with Crippen LogP contribution in [0.4, 0.5) is 5.69 Å². The highest BCUT2D eigenvalue weighted by molar-refractivity contribution is 5.38. The summed E-state index contributed by atoms with van der Waals surface area (Å²) >= 11 is 0. The molecule has 2 rings (SSSR count). The average molecular weight is 247 g/mol. The molecule has 0 bridgehead atoms. The van der Waals surface area contributed by atoms with Gasteiger partial charge in [-0.1, -0.05) is 6.92 Å². The van der Waals surface area contributed by atoms with Gasteiger partial charge in [0.05, 0.1) is 24.6 Å². The Morgan fingerprint density at radius 2 is 2.17 bits per heavy atom. The molecule has 0 aliphatic rings. The summed E-state index contributed by atoms with van der Waals surface area (Å²) in [5.41, 5.74) is 1.62. The number of nitrogens with zero attached hydrogens (tertiary/aromatic N) is 4. The van der Waals surface area contributed by atoms with Crippen LogP contribution in [-0.2, 0) is 13.6 Å². The van der Waals surface area contributed by atoms with Gasteiger partial charge in [-0.2, -0.15) is 10.2 Å². The molecular weight excluding hydrogens is 230 g/mol. The first-order chi connectivity index (χ1) is 8.69. The molecular formula is C12H17N5O. The van der Waals surface area contributed by atoms with Crippen molar-refractivity contribution in [3.8, 4) is 0 Å². The molecule has 2 aromatic rings. The molecule has 0 aliphatic carbocycles. The predicted molar refractivity (Wildman–Crippen MR) is 69.6 cm³/mol. The Bertz CT molecular complexity index is 572. The van der Waals surface area contributed by atoms with Gasteiger partial charge in [-0.3, -0.25) is 9.48 Å². The summed E-state index contributed by atoms with van der Waals surface area (Å²) in [7, 11) is 1.84. The number of aromatic nitrogens is 4. The minimum Gasteiger partial charge on any atom is -0.384 e. The zero-order valence-electron chi connectivity index (χ0n) is 10.6. The first-order valence-corrected chi connectivity index (χ1v) is 5.97. The van der Waals surface area contributed by atoms with Crippen LogP contribution >= 0.6 is 0 Å². The second-order valence-electron chi connectivity index (χ2n) is 4.19. The Morgan fingerprint density at radius 3 is 2.78 bits per heavy atom. The van der Waals surface area contributed by atoms with Gasteiger partial charge >= 0.3 is 0 Å². The minimum absolute atomic E-state index is 0.111. The molecule has 0 fully saturated rings. The van der Waals surface area contributed by atoms with Crippen LogP contribution in [0, 0.1) is 0 Å². The van der Waals surface area contributed by atoms with Gasteiger partial charge in [0.15, 0.2) is 0 Å². The van der Waals surface area contributed by atoms with E-state index >= 15 is 0 Å². The Kier molecular flexibility index (Phi) is 3.76. The lowest BCUT2D eigenvalue weighted by Crippen LogP contribution is -2.23. The van der Waals surface area contributed by atoms with E-state index in [1.807, 2.05) is 13.2 Å². The maximum absolute atomic E-state index is 11.8. The Balaban J connectivity index is 2.12. The quantitative estimate of drug-likeness (QED) is 0.850. The fourth-order valence-electron chi connectivity index (χ4n) is 1.64. The van der Waals surface area contributed by atoms with E-state index in [4.69, 9.17) is 0 Å². The van der Waals surface area contributed by atoms with Gasteiger partial charge < -0.3 is 5.32 Å². The van der Waals surface area contributed by atoms with Crippen molar-refractivity contribution in [2.75, 3.05) is 11.9 Å². The molecule has 0 spiro atoms. The lowest BCUT2D eigenvalue weighted by molar-refractivity contribution is 0.638. The van der Waals surface area contributed by atoms with Gasteiger partial charge in [0.25, 0.3) is 5.56 Å². The summed E-state index contributed by atoms with van der Waals surface area (Å²) in [5, 5.41) is 11.3. The molecule has 0 aromatic carbocycles. The molecule has 96 valence electrons. The lowest BCUT2D eigenvalue weighted by atomic mass is 10.3. The van der Waals surface area contributed by atoms with Gasteiger partial charge in [0, 0.05) is 31.4 Å². The number of aryl methyl sites for hydroxylation is 1. The second-order valence-corrected chi connectivity index (χ2v) is 4.19. The van der Waals surface area contributed by atoms with Crippen LogP contribution in [0.5, 0.6) is 0 Å². The molecule has 2 aromatic heterocycles. The van der Waals surface area contributed by atoms with E-state index in [-0.39, 0.29) is 5.56 Å². The van der Waals surface area contributed by atoms with Crippen molar-refractivity contribution in [3.63, 3.8) is 0 Å². The monoisotopic (exact) mass is 247 g/mol. The van der Waals surface area contributed by atoms with Gasteiger partial charge in [0.1, 0.15) is 0 Å². The van der Waals surface area contributed by atoms with E-state index in [1.165, 1.54) is 4.68 Å². The average Bonchev–Trinajstić information content (AvgIpc) is 2.75. The molecule has 0 radical (unpaired) electrons. The number of anilines is 1. The van der Waals surface area contributed by atoms with Crippen LogP contribution in [0.1, 0.15) is 18.9 Å². The van der Waals surface area contributed by atoms with Gasteiger partial charge in [-0.05, 0) is 6.42 Å². The van der Waals surface area contributed by atoms with Crippen molar-refractivity contribution in [2.24, 2.45) is 7.05 Å². The van der Waals surface area contributed by atoms with Crippen molar-refractivity contribution in [3.05, 3.63) is 40.6 Å². The predicted octanol–water partition coefficient (Wildman–Crippen LogP) is 0.847. The number of hydrogen-bond donors (Lipinski definition) is 1. The summed E-state index contributed by atoms with van der Waals surface area (Å²) < 4.78 is 3.13. The van der Waals surface area contributed by atoms with Crippen molar-refractivity contribution in [1.29, 1.82) is 0 Å². The highest BCUT2D eigenvalue weighted by Crippen LogP contribution is 2.01. The summed E-state index contributed by atoms with van der Waals surface area (Å²) in [6, 6.07) is 1.57. The highest BCUT2D eigenvalue weighted by atomic mass is 16.1. The van der Waals surface area contributed by atoms with Crippen LogP contribution in [0.3, 0.4) is 0 Å². The SMILES string of the molecule is CCCNc1cnn(Cc2cnn(C)c2)c(=O)c1. The smallest absolute Gasteiger partial charge is 0.269 e. The van der Waals surface area contributed by atoms with Crippen LogP contribution in [0.15, 0.2) is 29.5 Å². The summed E-state index contributed by atoms with van der Waals surface area (Å²) in [6.07, 6.45) is 6.29. The largest absolute Gasteiger partial charge is 0.384 e. The maximum atomic E-state index is 11.8. The summed E-state index contributed by atoms with van der Waals surface area (Å²) in [6.45, 7) is 3.36. The van der Waals surface area contributed by atoms with Gasteiger partial charge in [-0.25, -0.2) is 4.68 Å². The fraction of sp³-hybridized carbons (Fsp3) is 0.417. The second kappa shape index (κ2) is 5.48. The third-order valence-electron chi connectivity index (χ3n) is 2.54. The van der Waals surface area contributed by atoms with E-state index in [9.17, 15) is 4.79 Å². The lowest BCUT2D eigenvalue weighted by Gasteiger charge is -2.06. The summed E-state index contributed by atoms with van der Waals surface area (Å²) in [5.74, 6) is 0. The molecule has 0 amide bonds. The molecule has 1 N–H and O–H groups in total.